The Morgan fingerprint density at radius 2 is 1.92 bits per heavy atom. The molecule has 7 nitrogen and oxygen atoms in total. The Morgan fingerprint density at radius 3 is 2.54 bits per heavy atom. The third kappa shape index (κ3) is 5.38. The van der Waals surface area contributed by atoms with Crippen LogP contribution in [-0.4, -0.2) is 51.2 Å². The maximum atomic E-state index is 12.1. The lowest BCUT2D eigenvalue weighted by molar-refractivity contribution is -0.116. The number of hydrogen-bond acceptors (Lipinski definition) is 5. The molecule has 0 saturated heterocycles. The topological polar surface area (TPSA) is 84.9 Å². The fourth-order valence-corrected chi connectivity index (χ4v) is 3.36. The molecule has 1 aromatic carbocycles. The molecule has 2 rings (SSSR count). The fraction of sp³-hybridized carbons (Fsp3) is 0.562. The van der Waals surface area contributed by atoms with Crippen molar-refractivity contribution >= 4 is 21.6 Å². The van der Waals surface area contributed by atoms with Gasteiger partial charge in [0.1, 0.15) is 13.2 Å². The largest absolute Gasteiger partial charge is 0.486 e. The molecule has 134 valence electrons. The van der Waals surface area contributed by atoms with Gasteiger partial charge >= 0.3 is 0 Å². The Kier molecular flexibility index (Phi) is 6.06. The van der Waals surface area contributed by atoms with Crippen LogP contribution in [0, 0.1) is 5.92 Å². The van der Waals surface area contributed by atoms with Crippen LogP contribution >= 0.6 is 0 Å². The van der Waals surface area contributed by atoms with Gasteiger partial charge < -0.3 is 14.8 Å². The van der Waals surface area contributed by atoms with E-state index < -0.39 is 10.0 Å². The number of ether oxygens (including phenoxy) is 2. The van der Waals surface area contributed by atoms with Crippen LogP contribution in [0.15, 0.2) is 18.2 Å². The van der Waals surface area contributed by atoms with E-state index in [1.54, 1.807) is 18.2 Å². The maximum Gasteiger partial charge on any atom is 0.225 e. The summed E-state index contributed by atoms with van der Waals surface area (Å²) in [5.41, 5.74) is 0.596. The van der Waals surface area contributed by atoms with E-state index in [-0.39, 0.29) is 24.8 Å². The van der Waals surface area contributed by atoms with Gasteiger partial charge in [0.05, 0.1) is 6.26 Å². The maximum absolute atomic E-state index is 12.1. The predicted octanol–water partition coefficient (Wildman–Crippen LogP) is 1.70. The van der Waals surface area contributed by atoms with E-state index in [0.717, 1.165) is 6.26 Å². The van der Waals surface area contributed by atoms with E-state index in [1.807, 2.05) is 13.8 Å². The standard InChI is InChI=1S/C16H24N2O5S/c1-12(2)11-18(24(3,20)21)7-6-16(19)17-13-4-5-14-15(10-13)23-9-8-22-14/h4-5,10,12H,6-9,11H2,1-3H3,(H,17,19). The van der Waals surface area contributed by atoms with Crippen LogP contribution in [0.3, 0.4) is 0 Å². The summed E-state index contributed by atoms with van der Waals surface area (Å²) in [4.78, 5) is 12.1. The predicted molar refractivity (Wildman–Crippen MR) is 91.9 cm³/mol. The van der Waals surface area contributed by atoms with E-state index >= 15 is 0 Å². The molecule has 0 saturated carbocycles. The lowest BCUT2D eigenvalue weighted by Crippen LogP contribution is -2.35. The summed E-state index contributed by atoms with van der Waals surface area (Å²) in [6.07, 6.45) is 1.25. The monoisotopic (exact) mass is 356 g/mol. The van der Waals surface area contributed by atoms with Crippen molar-refractivity contribution in [3.05, 3.63) is 18.2 Å². The fourth-order valence-electron chi connectivity index (χ4n) is 2.37. The minimum absolute atomic E-state index is 0.0915. The lowest BCUT2D eigenvalue weighted by Gasteiger charge is -2.22. The molecule has 8 heteroatoms. The SMILES string of the molecule is CC(C)CN(CCC(=O)Nc1ccc2c(c1)OCCO2)S(C)(=O)=O. The van der Waals surface area contributed by atoms with Crippen molar-refractivity contribution in [2.24, 2.45) is 5.92 Å². The van der Waals surface area contributed by atoms with Gasteiger partial charge in [0.2, 0.25) is 15.9 Å². The molecule has 1 amide bonds. The smallest absolute Gasteiger partial charge is 0.225 e. The molecule has 0 bridgehead atoms. The second-order valence-corrected chi connectivity index (χ2v) is 8.15. The summed E-state index contributed by atoms with van der Waals surface area (Å²) in [6.45, 7) is 5.42. The molecular weight excluding hydrogens is 332 g/mol. The normalized spacial score (nSPS) is 14.0. The van der Waals surface area contributed by atoms with Gasteiger partial charge in [-0.05, 0) is 18.1 Å². The summed E-state index contributed by atoms with van der Waals surface area (Å²) >= 11 is 0. The molecule has 1 aliphatic rings. The molecule has 0 fully saturated rings. The van der Waals surface area contributed by atoms with Crippen LogP contribution in [0.2, 0.25) is 0 Å². The zero-order valence-corrected chi connectivity index (χ0v) is 15.1. The first-order chi connectivity index (χ1) is 11.3. The molecule has 0 radical (unpaired) electrons. The number of nitrogens with one attached hydrogen (secondary N) is 1. The highest BCUT2D eigenvalue weighted by molar-refractivity contribution is 7.88. The van der Waals surface area contributed by atoms with Crippen LogP contribution < -0.4 is 14.8 Å². The number of carbonyl (C=O) groups excluding carboxylic acids is 1. The molecule has 24 heavy (non-hydrogen) atoms. The summed E-state index contributed by atoms with van der Waals surface area (Å²) in [7, 11) is -3.32. The molecule has 1 aromatic rings. The highest BCUT2D eigenvalue weighted by Crippen LogP contribution is 2.32. The number of anilines is 1. The van der Waals surface area contributed by atoms with Crippen LogP contribution in [0.4, 0.5) is 5.69 Å². The Hall–Kier alpha value is -1.80. The first-order valence-corrected chi connectivity index (χ1v) is 9.75. The number of fused-ring (bicyclic) bond motifs is 1. The van der Waals surface area contributed by atoms with Gasteiger partial charge in [-0.25, -0.2) is 12.7 Å². The minimum atomic E-state index is -3.32. The van der Waals surface area contributed by atoms with Crippen LogP contribution in [0.5, 0.6) is 11.5 Å². The van der Waals surface area contributed by atoms with E-state index in [4.69, 9.17) is 9.47 Å². The van der Waals surface area contributed by atoms with E-state index in [0.29, 0.717) is 36.9 Å². The van der Waals surface area contributed by atoms with Crippen molar-refractivity contribution < 1.29 is 22.7 Å². The van der Waals surface area contributed by atoms with E-state index in [9.17, 15) is 13.2 Å². The number of carbonyl (C=O) groups is 1. The van der Waals surface area contributed by atoms with Crippen molar-refractivity contribution in [3.63, 3.8) is 0 Å². The zero-order chi connectivity index (χ0) is 17.7. The number of nitrogens with zero attached hydrogens (tertiary/aromatic N) is 1. The van der Waals surface area contributed by atoms with Gasteiger partial charge in [-0.1, -0.05) is 13.8 Å². The quantitative estimate of drug-likeness (QED) is 0.804. The number of hydrogen-bond donors (Lipinski definition) is 1. The van der Waals surface area contributed by atoms with Crippen molar-refractivity contribution in [2.45, 2.75) is 20.3 Å². The number of benzene rings is 1. The highest BCUT2D eigenvalue weighted by atomic mass is 32.2. The number of sulfonamides is 1. The van der Waals surface area contributed by atoms with Gasteiger partial charge in [-0.3, -0.25) is 4.79 Å². The Bertz CT molecular complexity index is 688. The Balaban J connectivity index is 1.92. The first-order valence-electron chi connectivity index (χ1n) is 7.90. The summed E-state index contributed by atoms with van der Waals surface area (Å²) in [5, 5.41) is 2.76. The molecule has 1 heterocycles. The average Bonchev–Trinajstić information content (AvgIpc) is 2.50. The highest BCUT2D eigenvalue weighted by Gasteiger charge is 2.19. The molecular formula is C16H24N2O5S. The second-order valence-electron chi connectivity index (χ2n) is 6.17. The van der Waals surface area contributed by atoms with Crippen molar-refractivity contribution in [2.75, 3.05) is 37.9 Å². The van der Waals surface area contributed by atoms with Crippen LogP contribution in [0.25, 0.3) is 0 Å². The minimum Gasteiger partial charge on any atom is -0.486 e. The number of rotatable bonds is 7. The van der Waals surface area contributed by atoms with E-state index in [2.05, 4.69) is 5.32 Å². The summed E-state index contributed by atoms with van der Waals surface area (Å²) in [5.74, 6) is 1.20. The molecule has 0 unspecified atom stereocenters. The lowest BCUT2D eigenvalue weighted by atomic mass is 10.2. The average molecular weight is 356 g/mol. The van der Waals surface area contributed by atoms with Gasteiger partial charge in [0.15, 0.2) is 11.5 Å². The third-order valence-electron chi connectivity index (χ3n) is 3.45. The van der Waals surface area contributed by atoms with Gasteiger partial charge in [0.25, 0.3) is 0 Å². The van der Waals surface area contributed by atoms with Crippen molar-refractivity contribution in [1.29, 1.82) is 0 Å². The van der Waals surface area contributed by atoms with Gasteiger partial charge in [0, 0.05) is 31.3 Å². The summed E-state index contributed by atoms with van der Waals surface area (Å²) < 4.78 is 35.8. The molecule has 0 aromatic heterocycles. The number of amides is 1. The van der Waals surface area contributed by atoms with Crippen molar-refractivity contribution in [3.8, 4) is 11.5 Å². The first kappa shape index (κ1) is 18.5. The van der Waals surface area contributed by atoms with Crippen LogP contribution in [-0.2, 0) is 14.8 Å². The molecule has 0 spiro atoms. The molecule has 1 aliphatic heterocycles. The molecule has 1 N–H and O–H groups in total. The second kappa shape index (κ2) is 7.85. The van der Waals surface area contributed by atoms with Crippen LogP contribution in [0.1, 0.15) is 20.3 Å². The Labute approximate surface area is 143 Å². The third-order valence-corrected chi connectivity index (χ3v) is 4.72. The molecule has 0 aliphatic carbocycles. The van der Waals surface area contributed by atoms with Gasteiger partial charge in [-0.15, -0.1) is 0 Å². The van der Waals surface area contributed by atoms with E-state index in [1.165, 1.54) is 4.31 Å². The zero-order valence-electron chi connectivity index (χ0n) is 14.2. The van der Waals surface area contributed by atoms with Crippen molar-refractivity contribution in [1.82, 2.24) is 4.31 Å². The molecule has 0 atom stereocenters. The van der Waals surface area contributed by atoms with Gasteiger partial charge in [-0.2, -0.15) is 0 Å². The Morgan fingerprint density at radius 1 is 1.25 bits per heavy atom. The summed E-state index contributed by atoms with van der Waals surface area (Å²) in [6, 6.07) is 5.17.